The number of nitrogens with one attached hydrogen (secondary N) is 4. The highest BCUT2D eigenvalue weighted by Gasteiger charge is 2.25. The average Bonchev–Trinajstić information content (AvgIpc) is 3.77. The van der Waals surface area contributed by atoms with E-state index in [4.69, 9.17) is 9.97 Å². The molecule has 202 valence electrons. The molecule has 6 nitrogen and oxygen atoms in total. The zero-order chi connectivity index (χ0) is 27.5. The summed E-state index contributed by atoms with van der Waals surface area (Å²) in [6, 6.07) is 22.7. The van der Waals surface area contributed by atoms with Gasteiger partial charge in [-0.25, -0.2) is 9.97 Å². The molecule has 0 unspecified atom stereocenters. The molecule has 3 aromatic carbocycles. The Morgan fingerprint density at radius 1 is 0.875 bits per heavy atom. The average molecular weight is 529 g/mol. The smallest absolute Gasteiger partial charge is 0.124 e. The van der Waals surface area contributed by atoms with Crippen LogP contribution in [0.5, 0.6) is 0 Å². The Morgan fingerprint density at radius 3 is 2.38 bits per heavy atom. The number of aromatic nitrogens is 4. The van der Waals surface area contributed by atoms with Gasteiger partial charge >= 0.3 is 0 Å². The standard InChI is InChI=1S/C32H34N6.C2H2/c1-2-15-33-19-30-35-26-13-10-23(18-29(26)36-30)21-7-5-20(6-8-21)22-9-12-25-24(17-22)11-14-27-31(25)38-32(37-27)28-4-3-16-34-28;1-2/h5-10,12-13,17-18,28,33-34H,2-4,11,14-16,19H2,1H3,(H,35,36)(H,37,38);1-2H/t28-;/m0./s1. The normalized spacial score (nSPS) is 15.8. The second-order valence-corrected chi connectivity index (χ2v) is 10.6. The van der Waals surface area contributed by atoms with E-state index in [1.54, 1.807) is 0 Å². The van der Waals surface area contributed by atoms with E-state index in [-0.39, 0.29) is 0 Å². The van der Waals surface area contributed by atoms with Gasteiger partial charge in [0, 0.05) is 11.3 Å². The number of H-pyrrole nitrogens is 2. The summed E-state index contributed by atoms with van der Waals surface area (Å²) >= 11 is 0. The summed E-state index contributed by atoms with van der Waals surface area (Å²) in [5.41, 5.74) is 12.1. The van der Waals surface area contributed by atoms with Crippen LogP contribution in [0.15, 0.2) is 60.7 Å². The Labute approximate surface area is 236 Å². The number of imidazole rings is 2. The molecule has 0 amide bonds. The molecule has 1 fully saturated rings. The van der Waals surface area contributed by atoms with Gasteiger partial charge in [0.1, 0.15) is 11.6 Å². The molecule has 1 saturated heterocycles. The van der Waals surface area contributed by atoms with Gasteiger partial charge in [0.25, 0.3) is 0 Å². The highest BCUT2D eigenvalue weighted by Crippen LogP contribution is 2.36. The van der Waals surface area contributed by atoms with Crippen LogP contribution in [0.1, 0.15) is 55.1 Å². The number of fused-ring (bicyclic) bond motifs is 4. The Hall–Kier alpha value is -4.18. The van der Waals surface area contributed by atoms with Crippen molar-refractivity contribution in [1.82, 2.24) is 30.6 Å². The van der Waals surface area contributed by atoms with E-state index in [2.05, 4.69) is 101 Å². The van der Waals surface area contributed by atoms with Gasteiger partial charge < -0.3 is 20.6 Å². The number of hydrogen-bond donors (Lipinski definition) is 4. The van der Waals surface area contributed by atoms with Crippen LogP contribution in [-0.2, 0) is 19.4 Å². The lowest BCUT2D eigenvalue weighted by Crippen LogP contribution is -2.14. The highest BCUT2D eigenvalue weighted by atomic mass is 15.0. The molecule has 1 aliphatic heterocycles. The largest absolute Gasteiger partial charge is 0.344 e. The third-order valence-corrected chi connectivity index (χ3v) is 7.99. The molecule has 6 heteroatoms. The predicted octanol–water partition coefficient (Wildman–Crippen LogP) is 6.56. The summed E-state index contributed by atoms with van der Waals surface area (Å²) in [5, 5.41) is 6.99. The van der Waals surface area contributed by atoms with Crippen molar-refractivity contribution in [3.63, 3.8) is 0 Å². The summed E-state index contributed by atoms with van der Waals surface area (Å²) in [6.45, 7) is 5.04. The maximum absolute atomic E-state index is 5.03. The molecule has 0 bridgehead atoms. The first-order valence-corrected chi connectivity index (χ1v) is 14.3. The minimum absolute atomic E-state index is 0.376. The lowest BCUT2D eigenvalue weighted by Gasteiger charge is -2.16. The number of hydrogen-bond acceptors (Lipinski definition) is 4. The van der Waals surface area contributed by atoms with Gasteiger partial charge in [-0.05, 0) is 85.1 Å². The lowest BCUT2D eigenvalue weighted by molar-refractivity contribution is 0.611. The van der Waals surface area contributed by atoms with Crippen LogP contribution in [-0.4, -0.2) is 33.0 Å². The molecule has 3 heterocycles. The fraction of sp³-hybridized carbons (Fsp3) is 0.294. The van der Waals surface area contributed by atoms with Crippen molar-refractivity contribution < 1.29 is 0 Å². The monoisotopic (exact) mass is 528 g/mol. The van der Waals surface area contributed by atoms with E-state index in [9.17, 15) is 0 Å². The van der Waals surface area contributed by atoms with Gasteiger partial charge in [0.2, 0.25) is 0 Å². The number of terminal acetylenes is 1. The first-order chi connectivity index (χ1) is 19.7. The number of benzene rings is 3. The summed E-state index contributed by atoms with van der Waals surface area (Å²) < 4.78 is 0. The summed E-state index contributed by atoms with van der Waals surface area (Å²) in [6.07, 6.45) is 13.6. The van der Waals surface area contributed by atoms with E-state index in [0.717, 1.165) is 67.3 Å². The van der Waals surface area contributed by atoms with Crippen molar-refractivity contribution >= 4 is 11.0 Å². The summed E-state index contributed by atoms with van der Waals surface area (Å²) in [5.74, 6) is 2.10. The highest BCUT2D eigenvalue weighted by molar-refractivity contribution is 5.83. The quantitative estimate of drug-likeness (QED) is 0.142. The topological polar surface area (TPSA) is 81.4 Å². The van der Waals surface area contributed by atoms with Crippen LogP contribution in [0, 0.1) is 12.8 Å². The minimum atomic E-state index is 0.376. The fourth-order valence-corrected chi connectivity index (χ4v) is 5.95. The molecule has 1 atom stereocenters. The van der Waals surface area contributed by atoms with E-state index in [1.165, 1.54) is 51.9 Å². The van der Waals surface area contributed by atoms with Crippen LogP contribution in [0.4, 0.5) is 0 Å². The van der Waals surface area contributed by atoms with E-state index < -0.39 is 0 Å². The van der Waals surface area contributed by atoms with Gasteiger partial charge in [-0.15, -0.1) is 12.8 Å². The molecule has 40 heavy (non-hydrogen) atoms. The molecule has 0 radical (unpaired) electrons. The molecule has 0 spiro atoms. The van der Waals surface area contributed by atoms with Crippen molar-refractivity contribution in [3.05, 3.63) is 83.6 Å². The lowest BCUT2D eigenvalue weighted by atomic mass is 9.89. The van der Waals surface area contributed by atoms with Crippen molar-refractivity contribution in [1.29, 1.82) is 0 Å². The fourth-order valence-electron chi connectivity index (χ4n) is 5.95. The van der Waals surface area contributed by atoms with Crippen LogP contribution >= 0.6 is 0 Å². The second-order valence-electron chi connectivity index (χ2n) is 10.6. The zero-order valence-corrected chi connectivity index (χ0v) is 23.1. The van der Waals surface area contributed by atoms with Gasteiger partial charge in [-0.3, -0.25) is 0 Å². The second kappa shape index (κ2) is 11.5. The number of aromatic amines is 2. The van der Waals surface area contributed by atoms with Crippen LogP contribution in [0.25, 0.3) is 44.5 Å². The van der Waals surface area contributed by atoms with Gasteiger partial charge in [0.05, 0.1) is 29.3 Å². The molecule has 1 aliphatic carbocycles. The first kappa shape index (κ1) is 26.1. The van der Waals surface area contributed by atoms with Crippen molar-refractivity contribution in [2.45, 2.75) is 51.6 Å². The molecule has 5 aromatic rings. The molecule has 7 rings (SSSR count). The Bertz CT molecular complexity index is 1630. The van der Waals surface area contributed by atoms with Gasteiger partial charge in [-0.2, -0.15) is 0 Å². The summed E-state index contributed by atoms with van der Waals surface area (Å²) in [4.78, 5) is 16.8. The Kier molecular flexibility index (Phi) is 7.50. The minimum Gasteiger partial charge on any atom is -0.344 e. The van der Waals surface area contributed by atoms with Crippen molar-refractivity contribution in [2.75, 3.05) is 13.1 Å². The molecular formula is C34H36N6. The third-order valence-electron chi connectivity index (χ3n) is 7.99. The number of nitrogens with zero attached hydrogens (tertiary/aromatic N) is 2. The third kappa shape index (κ3) is 5.06. The maximum atomic E-state index is 5.03. The van der Waals surface area contributed by atoms with Crippen molar-refractivity contribution in [2.24, 2.45) is 0 Å². The van der Waals surface area contributed by atoms with E-state index >= 15 is 0 Å². The first-order valence-electron chi connectivity index (χ1n) is 14.3. The predicted molar refractivity (Wildman–Crippen MR) is 164 cm³/mol. The van der Waals surface area contributed by atoms with Gasteiger partial charge in [0.15, 0.2) is 0 Å². The van der Waals surface area contributed by atoms with Crippen molar-refractivity contribution in [3.8, 4) is 46.4 Å². The van der Waals surface area contributed by atoms with Crippen LogP contribution < -0.4 is 10.6 Å². The maximum Gasteiger partial charge on any atom is 0.124 e. The van der Waals surface area contributed by atoms with Crippen LogP contribution in [0.3, 0.4) is 0 Å². The SMILES string of the molecule is C#C.CCCNCc1nc2ccc(-c3ccc(-c4ccc5c(c4)CCc4[nH]c([C@@H]6CCCN6)nc4-5)cc3)cc2[nH]1. The van der Waals surface area contributed by atoms with Crippen LogP contribution in [0.2, 0.25) is 0 Å². The van der Waals surface area contributed by atoms with E-state index in [1.807, 2.05) is 0 Å². The van der Waals surface area contributed by atoms with E-state index in [0.29, 0.717) is 6.04 Å². The molecule has 2 aliphatic rings. The zero-order valence-electron chi connectivity index (χ0n) is 23.1. The molecule has 4 N–H and O–H groups in total. The van der Waals surface area contributed by atoms with Gasteiger partial charge in [-0.1, -0.05) is 55.5 Å². The Morgan fingerprint density at radius 2 is 1.62 bits per heavy atom. The molecule has 2 aromatic heterocycles. The summed E-state index contributed by atoms with van der Waals surface area (Å²) in [7, 11) is 0. The number of rotatable bonds is 7. The molecular weight excluding hydrogens is 492 g/mol. The Balaban J connectivity index is 0.00000142. The number of aryl methyl sites for hydroxylation is 2. The molecule has 0 saturated carbocycles.